The molecule has 0 bridgehead atoms. The SMILES string of the molecule is CC(C)[C@@H](NC(=O)Nc1ccccc1)C(=O)O[C@@H](C)C(=O)Nc1ccccc1F. The predicted molar refractivity (Wildman–Crippen MR) is 108 cm³/mol. The van der Waals surface area contributed by atoms with Crippen LogP contribution in [0.25, 0.3) is 0 Å². The van der Waals surface area contributed by atoms with E-state index in [1.165, 1.54) is 25.1 Å². The first kappa shape index (κ1) is 21.9. The highest BCUT2D eigenvalue weighted by atomic mass is 19.1. The van der Waals surface area contributed by atoms with Gasteiger partial charge in [0.15, 0.2) is 6.10 Å². The van der Waals surface area contributed by atoms with Gasteiger partial charge in [0.05, 0.1) is 5.69 Å². The van der Waals surface area contributed by atoms with E-state index >= 15 is 0 Å². The Bertz CT molecular complexity index is 858. The molecule has 8 heteroatoms. The van der Waals surface area contributed by atoms with Gasteiger partial charge in [-0.25, -0.2) is 14.0 Å². The third-order valence-electron chi connectivity index (χ3n) is 4.03. The van der Waals surface area contributed by atoms with Crippen LogP contribution in [0.4, 0.5) is 20.6 Å². The van der Waals surface area contributed by atoms with Crippen LogP contribution >= 0.6 is 0 Å². The molecule has 7 nitrogen and oxygen atoms in total. The number of esters is 1. The van der Waals surface area contributed by atoms with Crippen molar-refractivity contribution in [1.29, 1.82) is 0 Å². The quantitative estimate of drug-likeness (QED) is 0.618. The summed E-state index contributed by atoms with van der Waals surface area (Å²) in [7, 11) is 0. The van der Waals surface area contributed by atoms with Crippen LogP contribution in [0.2, 0.25) is 0 Å². The monoisotopic (exact) mass is 401 g/mol. The van der Waals surface area contributed by atoms with Gasteiger partial charge in [0.2, 0.25) is 0 Å². The summed E-state index contributed by atoms with van der Waals surface area (Å²) in [6.07, 6.45) is -1.18. The number of urea groups is 1. The molecule has 0 aliphatic rings. The third kappa shape index (κ3) is 6.60. The Morgan fingerprint density at radius 2 is 1.52 bits per heavy atom. The van der Waals surface area contributed by atoms with Gasteiger partial charge in [0, 0.05) is 5.69 Å². The summed E-state index contributed by atoms with van der Waals surface area (Å²) >= 11 is 0. The number of halogens is 1. The first-order valence-corrected chi connectivity index (χ1v) is 9.16. The number of carbonyl (C=O) groups excluding carboxylic acids is 3. The van der Waals surface area contributed by atoms with E-state index in [4.69, 9.17) is 4.74 Å². The number of para-hydroxylation sites is 2. The van der Waals surface area contributed by atoms with Gasteiger partial charge < -0.3 is 20.7 Å². The molecule has 3 amide bonds. The predicted octanol–water partition coefficient (Wildman–Crippen LogP) is 3.54. The van der Waals surface area contributed by atoms with Crippen molar-refractivity contribution in [3.8, 4) is 0 Å². The Labute approximate surface area is 168 Å². The maximum atomic E-state index is 13.7. The zero-order chi connectivity index (χ0) is 21.4. The van der Waals surface area contributed by atoms with Crippen molar-refractivity contribution >= 4 is 29.3 Å². The van der Waals surface area contributed by atoms with Crippen molar-refractivity contribution in [2.45, 2.75) is 32.9 Å². The van der Waals surface area contributed by atoms with Crippen molar-refractivity contribution < 1.29 is 23.5 Å². The van der Waals surface area contributed by atoms with Gasteiger partial charge in [0.25, 0.3) is 5.91 Å². The highest BCUT2D eigenvalue weighted by Crippen LogP contribution is 2.14. The molecule has 0 saturated heterocycles. The first-order chi connectivity index (χ1) is 13.8. The number of carbonyl (C=O) groups is 3. The highest BCUT2D eigenvalue weighted by molar-refractivity contribution is 5.96. The van der Waals surface area contributed by atoms with Crippen molar-refractivity contribution in [2.24, 2.45) is 5.92 Å². The van der Waals surface area contributed by atoms with Gasteiger partial charge in [-0.2, -0.15) is 0 Å². The standard InChI is InChI=1S/C21H24FN3O4/c1-13(2)18(25-21(28)23-15-9-5-4-6-10-15)20(27)29-14(3)19(26)24-17-12-8-7-11-16(17)22/h4-14,18H,1-3H3,(H,24,26)(H2,23,25,28)/t14-,18+/m0/s1. The minimum Gasteiger partial charge on any atom is -0.451 e. The Hall–Kier alpha value is -3.42. The largest absolute Gasteiger partial charge is 0.451 e. The fourth-order valence-electron chi connectivity index (χ4n) is 2.43. The van der Waals surface area contributed by atoms with E-state index in [9.17, 15) is 18.8 Å². The van der Waals surface area contributed by atoms with Gasteiger partial charge in [-0.05, 0) is 37.1 Å². The summed E-state index contributed by atoms with van der Waals surface area (Å²) in [5.74, 6) is -2.33. The molecule has 2 aromatic rings. The fraction of sp³-hybridized carbons (Fsp3) is 0.286. The Morgan fingerprint density at radius 1 is 0.897 bits per heavy atom. The Kier molecular flexibility index (Phi) is 7.70. The molecule has 0 aliphatic carbocycles. The van der Waals surface area contributed by atoms with Crippen LogP contribution in [0.5, 0.6) is 0 Å². The maximum absolute atomic E-state index is 13.7. The van der Waals surface area contributed by atoms with Crippen LogP contribution in [0, 0.1) is 11.7 Å². The second-order valence-electron chi connectivity index (χ2n) is 6.73. The molecule has 2 aromatic carbocycles. The zero-order valence-electron chi connectivity index (χ0n) is 16.4. The first-order valence-electron chi connectivity index (χ1n) is 9.16. The summed E-state index contributed by atoms with van der Waals surface area (Å²) in [6, 6.07) is 12.9. The smallest absolute Gasteiger partial charge is 0.329 e. The zero-order valence-corrected chi connectivity index (χ0v) is 16.4. The molecule has 0 radical (unpaired) electrons. The van der Waals surface area contributed by atoms with E-state index in [2.05, 4.69) is 16.0 Å². The van der Waals surface area contributed by atoms with Gasteiger partial charge >= 0.3 is 12.0 Å². The van der Waals surface area contributed by atoms with Crippen LogP contribution < -0.4 is 16.0 Å². The molecule has 2 rings (SSSR count). The minimum atomic E-state index is -1.18. The highest BCUT2D eigenvalue weighted by Gasteiger charge is 2.29. The number of nitrogens with one attached hydrogen (secondary N) is 3. The summed E-state index contributed by atoms with van der Waals surface area (Å²) in [4.78, 5) is 36.9. The topological polar surface area (TPSA) is 96.5 Å². The number of ether oxygens (including phenoxy) is 1. The maximum Gasteiger partial charge on any atom is 0.329 e. The molecule has 0 heterocycles. The summed E-state index contributed by atoms with van der Waals surface area (Å²) in [6.45, 7) is 4.84. The normalized spacial score (nSPS) is 12.6. The molecule has 29 heavy (non-hydrogen) atoms. The lowest BCUT2D eigenvalue weighted by Gasteiger charge is -2.23. The van der Waals surface area contributed by atoms with E-state index in [0.717, 1.165) is 0 Å². The molecule has 0 fully saturated rings. The average molecular weight is 401 g/mol. The van der Waals surface area contributed by atoms with Gasteiger partial charge in [-0.3, -0.25) is 4.79 Å². The number of hydrogen-bond acceptors (Lipinski definition) is 4. The number of benzene rings is 2. The number of rotatable bonds is 7. The van der Waals surface area contributed by atoms with Crippen LogP contribution in [0.1, 0.15) is 20.8 Å². The molecule has 2 atom stereocenters. The van der Waals surface area contributed by atoms with E-state index in [0.29, 0.717) is 5.69 Å². The van der Waals surface area contributed by atoms with Crippen LogP contribution in [-0.2, 0) is 14.3 Å². The van der Waals surface area contributed by atoms with Crippen LogP contribution in [0.15, 0.2) is 54.6 Å². The Morgan fingerprint density at radius 3 is 2.14 bits per heavy atom. The van der Waals surface area contributed by atoms with Crippen LogP contribution in [-0.4, -0.2) is 30.1 Å². The van der Waals surface area contributed by atoms with E-state index in [-0.39, 0.29) is 11.6 Å². The average Bonchev–Trinajstić information content (AvgIpc) is 2.68. The molecule has 154 valence electrons. The molecule has 0 unspecified atom stereocenters. The lowest BCUT2D eigenvalue weighted by Crippen LogP contribution is -2.48. The second-order valence-corrected chi connectivity index (χ2v) is 6.73. The third-order valence-corrected chi connectivity index (χ3v) is 4.03. The number of amides is 3. The van der Waals surface area contributed by atoms with Gasteiger partial charge in [-0.15, -0.1) is 0 Å². The lowest BCUT2D eigenvalue weighted by molar-refractivity contribution is -0.156. The lowest BCUT2D eigenvalue weighted by atomic mass is 10.0. The second kappa shape index (κ2) is 10.2. The summed E-state index contributed by atoms with van der Waals surface area (Å²) in [5, 5.41) is 7.54. The molecule has 0 aromatic heterocycles. The number of hydrogen-bond donors (Lipinski definition) is 3. The molecule has 0 saturated carbocycles. The van der Waals surface area contributed by atoms with E-state index < -0.39 is 35.9 Å². The van der Waals surface area contributed by atoms with Crippen molar-refractivity contribution in [1.82, 2.24) is 5.32 Å². The molecular weight excluding hydrogens is 377 g/mol. The number of anilines is 2. The van der Waals surface area contributed by atoms with Crippen molar-refractivity contribution in [3.63, 3.8) is 0 Å². The Balaban J connectivity index is 1.94. The molecule has 0 aliphatic heterocycles. The van der Waals surface area contributed by atoms with Crippen molar-refractivity contribution in [3.05, 3.63) is 60.4 Å². The molecule has 3 N–H and O–H groups in total. The summed E-state index contributed by atoms with van der Waals surface area (Å²) < 4.78 is 18.8. The fourth-order valence-corrected chi connectivity index (χ4v) is 2.43. The molecule has 0 spiro atoms. The van der Waals surface area contributed by atoms with E-state index in [1.54, 1.807) is 44.2 Å². The molecular formula is C21H24FN3O4. The summed E-state index contributed by atoms with van der Waals surface area (Å²) in [5.41, 5.74) is 0.555. The van der Waals surface area contributed by atoms with E-state index in [1.807, 2.05) is 6.07 Å². The van der Waals surface area contributed by atoms with Gasteiger partial charge in [0.1, 0.15) is 11.9 Å². The van der Waals surface area contributed by atoms with Gasteiger partial charge in [-0.1, -0.05) is 44.2 Å². The van der Waals surface area contributed by atoms with Crippen molar-refractivity contribution in [2.75, 3.05) is 10.6 Å². The minimum absolute atomic E-state index is 0.0128. The van der Waals surface area contributed by atoms with Crippen LogP contribution in [0.3, 0.4) is 0 Å².